The van der Waals surface area contributed by atoms with Crippen LogP contribution in [0.4, 0.5) is 0 Å². The van der Waals surface area contributed by atoms with E-state index in [-0.39, 0.29) is 5.56 Å². The van der Waals surface area contributed by atoms with E-state index in [1.165, 1.54) is 22.6 Å². The second-order valence-electron chi connectivity index (χ2n) is 7.24. The molecule has 1 saturated carbocycles. The minimum Gasteiger partial charge on any atom is -0.384 e. The first-order chi connectivity index (χ1) is 14.5. The summed E-state index contributed by atoms with van der Waals surface area (Å²) in [6.07, 6.45) is 5.71. The molecular weight excluding hydrogens is 422 g/mol. The quantitative estimate of drug-likeness (QED) is 0.385. The Hall–Kier alpha value is -2.68. The van der Waals surface area contributed by atoms with E-state index >= 15 is 0 Å². The number of nitrogens with zero attached hydrogens (tertiary/aromatic N) is 5. The zero-order valence-electron chi connectivity index (χ0n) is 16.1. The third-order valence-corrected chi connectivity index (χ3v) is 6.32. The van der Waals surface area contributed by atoms with Crippen LogP contribution in [0.1, 0.15) is 25.0 Å². The Balaban J connectivity index is 1.85. The molecule has 4 aromatic rings. The molecule has 1 N–H and O–H groups in total. The summed E-state index contributed by atoms with van der Waals surface area (Å²) in [5, 5.41) is 12.1. The molecule has 0 aliphatic heterocycles. The van der Waals surface area contributed by atoms with E-state index in [0.29, 0.717) is 51.3 Å². The lowest BCUT2D eigenvalue weighted by Crippen LogP contribution is -2.35. The number of halogens is 1. The van der Waals surface area contributed by atoms with Gasteiger partial charge in [-0.1, -0.05) is 41.6 Å². The van der Waals surface area contributed by atoms with Crippen molar-refractivity contribution in [1.82, 2.24) is 24.3 Å². The number of para-hydroxylation sites is 1. The Labute approximate surface area is 181 Å². The fourth-order valence-corrected chi connectivity index (χ4v) is 4.24. The number of rotatable bonds is 4. The minimum atomic E-state index is -0.923. The first-order valence-corrected chi connectivity index (χ1v) is 11.1. The number of thioether (sulfide) groups is 1. The number of pyridine rings is 1. The van der Waals surface area contributed by atoms with Crippen molar-refractivity contribution in [1.29, 1.82) is 0 Å². The van der Waals surface area contributed by atoms with Gasteiger partial charge in [-0.25, -0.2) is 24.3 Å². The molecule has 0 bridgehead atoms. The number of fused-ring (bicyclic) bond motifs is 1. The minimum absolute atomic E-state index is 0.291. The van der Waals surface area contributed by atoms with Crippen LogP contribution in [0.3, 0.4) is 0 Å². The van der Waals surface area contributed by atoms with Crippen LogP contribution in [0, 0.1) is 0 Å². The standard InChI is InChI=1S/C21H18ClN5O2S/c1-30-20-23-12-13-18(25-20)27(26(19(13)28)15-7-3-2-6-14(15)22)17-9-4-8-16(24-17)21(29)10-5-11-21/h2-4,6-9,12,29H,5,10-11H2,1H3. The molecule has 30 heavy (non-hydrogen) atoms. The van der Waals surface area contributed by atoms with Gasteiger partial charge in [0.05, 0.1) is 16.4 Å². The van der Waals surface area contributed by atoms with Gasteiger partial charge in [-0.2, -0.15) is 0 Å². The highest BCUT2D eigenvalue weighted by atomic mass is 35.5. The van der Waals surface area contributed by atoms with E-state index in [1.54, 1.807) is 28.9 Å². The Kier molecular flexibility index (Phi) is 4.65. The highest BCUT2D eigenvalue weighted by Crippen LogP contribution is 2.40. The molecule has 152 valence electrons. The molecule has 7 nitrogen and oxygen atoms in total. The molecule has 3 aromatic heterocycles. The smallest absolute Gasteiger partial charge is 0.283 e. The zero-order valence-corrected chi connectivity index (χ0v) is 17.7. The van der Waals surface area contributed by atoms with Crippen molar-refractivity contribution >= 4 is 34.4 Å². The number of benzene rings is 1. The number of aromatic nitrogens is 5. The maximum atomic E-state index is 13.3. The predicted molar refractivity (Wildman–Crippen MR) is 117 cm³/mol. The maximum Gasteiger partial charge on any atom is 0.283 e. The highest BCUT2D eigenvalue weighted by Gasteiger charge is 2.38. The summed E-state index contributed by atoms with van der Waals surface area (Å²) < 4.78 is 3.11. The first-order valence-electron chi connectivity index (χ1n) is 9.52. The van der Waals surface area contributed by atoms with Crippen LogP contribution in [0.15, 0.2) is 58.6 Å². The normalized spacial score (nSPS) is 15.3. The van der Waals surface area contributed by atoms with Crippen LogP contribution < -0.4 is 5.56 Å². The molecule has 0 spiro atoms. The third kappa shape index (κ3) is 2.94. The van der Waals surface area contributed by atoms with Gasteiger partial charge in [0.2, 0.25) is 0 Å². The average molecular weight is 440 g/mol. The molecule has 3 heterocycles. The lowest BCUT2D eigenvalue weighted by Gasteiger charge is -2.36. The lowest BCUT2D eigenvalue weighted by molar-refractivity contribution is -0.0426. The van der Waals surface area contributed by atoms with Gasteiger partial charge in [0.1, 0.15) is 11.0 Å². The SMILES string of the molecule is CSc1ncc2c(=O)n(-c3ccccc3Cl)n(-c3cccc(C4(O)CCC4)n3)c2n1. The van der Waals surface area contributed by atoms with E-state index in [2.05, 4.69) is 9.97 Å². The van der Waals surface area contributed by atoms with Gasteiger partial charge in [-0.3, -0.25) is 4.79 Å². The van der Waals surface area contributed by atoms with Crippen molar-refractivity contribution in [2.45, 2.75) is 30.0 Å². The molecule has 5 rings (SSSR count). The molecule has 0 radical (unpaired) electrons. The maximum absolute atomic E-state index is 13.3. The fraction of sp³-hybridized carbons (Fsp3) is 0.238. The van der Waals surface area contributed by atoms with Crippen molar-refractivity contribution in [2.24, 2.45) is 0 Å². The Morgan fingerprint density at radius 1 is 1.10 bits per heavy atom. The molecule has 0 amide bonds. The van der Waals surface area contributed by atoms with E-state index < -0.39 is 5.60 Å². The second-order valence-corrected chi connectivity index (χ2v) is 8.42. The van der Waals surface area contributed by atoms with Crippen LogP contribution >= 0.6 is 23.4 Å². The lowest BCUT2D eigenvalue weighted by atomic mass is 9.77. The van der Waals surface area contributed by atoms with Crippen molar-refractivity contribution in [3.05, 3.63) is 69.7 Å². The van der Waals surface area contributed by atoms with Crippen LogP contribution in [0.25, 0.3) is 22.5 Å². The number of hydrogen-bond acceptors (Lipinski definition) is 6. The largest absolute Gasteiger partial charge is 0.384 e. The summed E-state index contributed by atoms with van der Waals surface area (Å²) in [6, 6.07) is 12.6. The number of aliphatic hydroxyl groups is 1. The van der Waals surface area contributed by atoms with E-state index in [0.717, 1.165) is 6.42 Å². The Morgan fingerprint density at radius 3 is 2.60 bits per heavy atom. The molecule has 1 aromatic carbocycles. The molecular formula is C21H18ClN5O2S. The van der Waals surface area contributed by atoms with Crippen LogP contribution in [-0.4, -0.2) is 35.7 Å². The summed E-state index contributed by atoms with van der Waals surface area (Å²) in [7, 11) is 0. The van der Waals surface area contributed by atoms with Gasteiger partial charge in [0, 0.05) is 6.20 Å². The highest BCUT2D eigenvalue weighted by molar-refractivity contribution is 7.98. The van der Waals surface area contributed by atoms with E-state index in [1.807, 2.05) is 24.5 Å². The summed E-state index contributed by atoms with van der Waals surface area (Å²) in [4.78, 5) is 26.9. The Bertz CT molecular complexity index is 1330. The topological polar surface area (TPSA) is 85.8 Å². The fourth-order valence-electron chi connectivity index (χ4n) is 3.69. The summed E-state index contributed by atoms with van der Waals surface area (Å²) in [5.74, 6) is 0.477. The van der Waals surface area contributed by atoms with Crippen LogP contribution in [-0.2, 0) is 5.60 Å². The van der Waals surface area contributed by atoms with Gasteiger partial charge in [-0.15, -0.1) is 0 Å². The van der Waals surface area contributed by atoms with Crippen molar-refractivity contribution in [3.8, 4) is 11.5 Å². The molecule has 0 atom stereocenters. The molecule has 1 fully saturated rings. The molecule has 0 unspecified atom stereocenters. The molecule has 1 aliphatic carbocycles. The summed E-state index contributed by atoms with van der Waals surface area (Å²) in [6.45, 7) is 0. The monoisotopic (exact) mass is 439 g/mol. The first kappa shape index (κ1) is 19.3. The average Bonchev–Trinajstić information content (AvgIpc) is 3.04. The van der Waals surface area contributed by atoms with Crippen LogP contribution in [0.5, 0.6) is 0 Å². The molecule has 9 heteroatoms. The van der Waals surface area contributed by atoms with Gasteiger partial charge in [0.15, 0.2) is 16.6 Å². The molecule has 0 saturated heterocycles. The summed E-state index contributed by atoms with van der Waals surface area (Å²) >= 11 is 7.83. The summed E-state index contributed by atoms with van der Waals surface area (Å²) in [5.41, 5.74) is 0.325. The number of hydrogen-bond donors (Lipinski definition) is 1. The predicted octanol–water partition coefficient (Wildman–Crippen LogP) is 3.71. The van der Waals surface area contributed by atoms with Gasteiger partial charge in [0.25, 0.3) is 5.56 Å². The van der Waals surface area contributed by atoms with Crippen molar-refractivity contribution < 1.29 is 5.11 Å². The van der Waals surface area contributed by atoms with E-state index in [9.17, 15) is 9.90 Å². The molecule has 1 aliphatic rings. The Morgan fingerprint density at radius 2 is 1.90 bits per heavy atom. The van der Waals surface area contributed by atoms with Gasteiger partial charge < -0.3 is 5.11 Å². The second kappa shape index (κ2) is 7.23. The zero-order chi connectivity index (χ0) is 20.9. The van der Waals surface area contributed by atoms with Gasteiger partial charge >= 0.3 is 0 Å². The van der Waals surface area contributed by atoms with E-state index in [4.69, 9.17) is 16.6 Å². The van der Waals surface area contributed by atoms with Crippen molar-refractivity contribution in [2.75, 3.05) is 6.26 Å². The third-order valence-electron chi connectivity index (χ3n) is 5.44. The van der Waals surface area contributed by atoms with Crippen LogP contribution in [0.2, 0.25) is 5.02 Å². The van der Waals surface area contributed by atoms with Gasteiger partial charge in [-0.05, 0) is 49.8 Å². The van der Waals surface area contributed by atoms with Crippen molar-refractivity contribution in [3.63, 3.8) is 0 Å².